The summed E-state index contributed by atoms with van der Waals surface area (Å²) < 4.78 is 0. The van der Waals surface area contributed by atoms with Gasteiger partial charge in [0.1, 0.15) is 0 Å². The zero-order valence-electron chi connectivity index (χ0n) is 6.26. The minimum atomic E-state index is 0.685. The predicted octanol–water partition coefficient (Wildman–Crippen LogP) is 2.95. The Morgan fingerprint density at radius 2 is 1.90 bits per heavy atom. The number of nitrogens with two attached hydrogens (primary N) is 1. The smallest absolute Gasteiger partial charge is 0.0426 e. The quantitative estimate of drug-likeness (QED) is 0.576. The third-order valence-corrected chi connectivity index (χ3v) is 1.08. The van der Waals surface area contributed by atoms with Crippen molar-refractivity contribution in [1.82, 2.24) is 0 Å². The van der Waals surface area contributed by atoms with Crippen molar-refractivity contribution in [3.63, 3.8) is 0 Å². The van der Waals surface area contributed by atoms with Gasteiger partial charge in [-0.3, -0.25) is 0 Å². The van der Waals surface area contributed by atoms with Crippen molar-refractivity contribution in [2.75, 3.05) is 5.73 Å². The molecule has 1 aromatic rings. The molecule has 0 aliphatic heterocycles. The Labute approximate surface area is 66.8 Å². The molecular weight excluding hydrogens is 146 g/mol. The van der Waals surface area contributed by atoms with Gasteiger partial charge in [0.2, 0.25) is 0 Å². The topological polar surface area (TPSA) is 26.0 Å². The molecule has 0 aromatic heterocycles. The summed E-state index contributed by atoms with van der Waals surface area (Å²) in [6.07, 6.45) is 0. The molecule has 10 heavy (non-hydrogen) atoms. The van der Waals surface area contributed by atoms with Crippen LogP contribution in [0.15, 0.2) is 24.3 Å². The lowest BCUT2D eigenvalue weighted by atomic mass is 10.3. The number of rotatable bonds is 0. The average Bonchev–Trinajstić information content (AvgIpc) is 1.91. The Morgan fingerprint density at radius 3 is 2.20 bits per heavy atom. The summed E-state index contributed by atoms with van der Waals surface area (Å²) >= 11 is 5.56. The maximum absolute atomic E-state index is 5.56. The first-order valence-corrected chi connectivity index (χ1v) is 3.68. The van der Waals surface area contributed by atoms with Gasteiger partial charge in [-0.15, -0.1) is 0 Å². The van der Waals surface area contributed by atoms with E-state index in [9.17, 15) is 0 Å². The number of anilines is 1. The van der Waals surface area contributed by atoms with E-state index in [4.69, 9.17) is 17.3 Å². The lowest BCUT2D eigenvalue weighted by molar-refractivity contribution is 1.50. The second-order valence-corrected chi connectivity index (χ2v) is 1.99. The Morgan fingerprint density at radius 1 is 1.30 bits per heavy atom. The van der Waals surface area contributed by atoms with Crippen molar-refractivity contribution in [3.8, 4) is 0 Å². The first-order valence-electron chi connectivity index (χ1n) is 3.30. The third kappa shape index (κ3) is 3.36. The van der Waals surface area contributed by atoms with E-state index in [0.29, 0.717) is 10.7 Å². The van der Waals surface area contributed by atoms with Crippen molar-refractivity contribution in [2.24, 2.45) is 0 Å². The van der Waals surface area contributed by atoms with Crippen LogP contribution in [-0.2, 0) is 0 Å². The maximum atomic E-state index is 5.56. The molecule has 0 saturated heterocycles. The molecule has 0 bridgehead atoms. The van der Waals surface area contributed by atoms with Crippen LogP contribution in [-0.4, -0.2) is 0 Å². The summed E-state index contributed by atoms with van der Waals surface area (Å²) in [6, 6.07) is 7.11. The van der Waals surface area contributed by atoms with E-state index in [2.05, 4.69) is 0 Å². The van der Waals surface area contributed by atoms with Crippen molar-refractivity contribution >= 4 is 17.3 Å². The largest absolute Gasteiger partial charge is 0.399 e. The van der Waals surface area contributed by atoms with Gasteiger partial charge in [0, 0.05) is 10.7 Å². The Kier molecular flexibility index (Phi) is 4.77. The highest BCUT2D eigenvalue weighted by atomic mass is 35.5. The van der Waals surface area contributed by atoms with Crippen LogP contribution in [0.3, 0.4) is 0 Å². The second kappa shape index (κ2) is 5.12. The molecule has 1 nitrogen and oxygen atoms in total. The number of benzene rings is 1. The van der Waals surface area contributed by atoms with Gasteiger partial charge in [-0.05, 0) is 18.2 Å². The third-order valence-electron chi connectivity index (χ3n) is 0.849. The Bertz CT molecular complexity index is 169. The minimum Gasteiger partial charge on any atom is -0.399 e. The summed E-state index contributed by atoms with van der Waals surface area (Å²) in [5.74, 6) is 0. The SMILES string of the molecule is CC.Nc1cccc(Cl)c1. The normalized spacial score (nSPS) is 7.90. The summed E-state index contributed by atoms with van der Waals surface area (Å²) in [5.41, 5.74) is 6.08. The molecule has 0 spiro atoms. The lowest BCUT2D eigenvalue weighted by Gasteiger charge is -1.89. The molecule has 56 valence electrons. The van der Waals surface area contributed by atoms with E-state index < -0.39 is 0 Å². The van der Waals surface area contributed by atoms with Crippen LogP contribution in [0.2, 0.25) is 5.02 Å². The minimum absolute atomic E-state index is 0.685. The first kappa shape index (κ1) is 9.31. The van der Waals surface area contributed by atoms with Gasteiger partial charge in [-0.1, -0.05) is 31.5 Å². The van der Waals surface area contributed by atoms with Gasteiger partial charge < -0.3 is 5.73 Å². The fourth-order valence-corrected chi connectivity index (χ4v) is 0.705. The number of nitrogen functional groups attached to an aromatic ring is 1. The van der Waals surface area contributed by atoms with E-state index in [1.807, 2.05) is 19.9 Å². The zero-order valence-corrected chi connectivity index (χ0v) is 7.02. The lowest BCUT2D eigenvalue weighted by Crippen LogP contribution is -1.80. The van der Waals surface area contributed by atoms with E-state index in [1.54, 1.807) is 18.2 Å². The molecular formula is C8H12ClN. The van der Waals surface area contributed by atoms with Crippen LogP contribution in [0.1, 0.15) is 13.8 Å². The molecule has 1 aromatic carbocycles. The number of halogens is 1. The zero-order chi connectivity index (χ0) is 7.98. The first-order chi connectivity index (χ1) is 4.79. The monoisotopic (exact) mass is 157 g/mol. The highest BCUT2D eigenvalue weighted by Crippen LogP contribution is 2.10. The standard InChI is InChI=1S/C6H6ClN.C2H6/c7-5-2-1-3-6(8)4-5;1-2/h1-4H,8H2;1-2H3. The summed E-state index contributed by atoms with van der Waals surface area (Å²) in [5, 5.41) is 0.685. The van der Waals surface area contributed by atoms with Gasteiger partial charge in [-0.25, -0.2) is 0 Å². The fourth-order valence-electron chi connectivity index (χ4n) is 0.507. The molecule has 1 rings (SSSR count). The summed E-state index contributed by atoms with van der Waals surface area (Å²) in [6.45, 7) is 4.00. The average molecular weight is 158 g/mol. The van der Waals surface area contributed by atoms with Crippen LogP contribution < -0.4 is 5.73 Å². The van der Waals surface area contributed by atoms with Gasteiger partial charge in [0.15, 0.2) is 0 Å². The molecule has 0 amide bonds. The highest BCUT2D eigenvalue weighted by Gasteiger charge is 1.83. The molecule has 0 unspecified atom stereocenters. The second-order valence-electron chi connectivity index (χ2n) is 1.56. The van der Waals surface area contributed by atoms with Gasteiger partial charge in [-0.2, -0.15) is 0 Å². The summed E-state index contributed by atoms with van der Waals surface area (Å²) in [4.78, 5) is 0. The fraction of sp³-hybridized carbons (Fsp3) is 0.250. The van der Waals surface area contributed by atoms with Crippen LogP contribution >= 0.6 is 11.6 Å². The highest BCUT2D eigenvalue weighted by molar-refractivity contribution is 6.30. The molecule has 2 N–H and O–H groups in total. The molecule has 2 heteroatoms. The van der Waals surface area contributed by atoms with Gasteiger partial charge in [0.25, 0.3) is 0 Å². The Balaban J connectivity index is 0.000000371. The van der Waals surface area contributed by atoms with E-state index in [-0.39, 0.29) is 0 Å². The van der Waals surface area contributed by atoms with E-state index >= 15 is 0 Å². The van der Waals surface area contributed by atoms with Crippen LogP contribution in [0.4, 0.5) is 5.69 Å². The van der Waals surface area contributed by atoms with Crippen LogP contribution in [0.5, 0.6) is 0 Å². The van der Waals surface area contributed by atoms with Crippen LogP contribution in [0.25, 0.3) is 0 Å². The number of hydrogen-bond donors (Lipinski definition) is 1. The van der Waals surface area contributed by atoms with E-state index in [1.165, 1.54) is 0 Å². The maximum Gasteiger partial charge on any atom is 0.0426 e. The predicted molar refractivity (Wildman–Crippen MR) is 47.2 cm³/mol. The molecule has 0 atom stereocenters. The molecule has 0 fully saturated rings. The van der Waals surface area contributed by atoms with Crippen molar-refractivity contribution in [1.29, 1.82) is 0 Å². The molecule has 0 aliphatic rings. The van der Waals surface area contributed by atoms with Crippen molar-refractivity contribution in [3.05, 3.63) is 29.3 Å². The Hall–Kier alpha value is -0.690. The number of hydrogen-bond acceptors (Lipinski definition) is 1. The molecule has 0 saturated carbocycles. The van der Waals surface area contributed by atoms with Crippen LogP contribution in [0, 0.1) is 0 Å². The van der Waals surface area contributed by atoms with Crippen molar-refractivity contribution in [2.45, 2.75) is 13.8 Å². The molecule has 0 aliphatic carbocycles. The van der Waals surface area contributed by atoms with E-state index in [0.717, 1.165) is 0 Å². The summed E-state index contributed by atoms with van der Waals surface area (Å²) in [7, 11) is 0. The van der Waals surface area contributed by atoms with Crippen molar-refractivity contribution < 1.29 is 0 Å². The molecule has 0 heterocycles. The van der Waals surface area contributed by atoms with Gasteiger partial charge >= 0.3 is 0 Å². The molecule has 0 radical (unpaired) electrons. The van der Waals surface area contributed by atoms with Gasteiger partial charge in [0.05, 0.1) is 0 Å².